The Bertz CT molecular complexity index is 773. The third-order valence-corrected chi connectivity index (χ3v) is 4.49. The minimum absolute atomic E-state index is 0.266. The number of ether oxygens (including phenoxy) is 3. The molecule has 0 aliphatic carbocycles. The third-order valence-electron chi connectivity index (χ3n) is 4.49. The summed E-state index contributed by atoms with van der Waals surface area (Å²) in [5, 5.41) is 0. The molecule has 2 rings (SSSR count). The molecule has 0 amide bonds. The quantitative estimate of drug-likeness (QED) is 0.307. The highest BCUT2D eigenvalue weighted by Gasteiger charge is 2.10. The molecule has 29 heavy (non-hydrogen) atoms. The van der Waals surface area contributed by atoms with E-state index in [9.17, 15) is 9.59 Å². The Morgan fingerprint density at radius 2 is 1.48 bits per heavy atom. The van der Waals surface area contributed by atoms with Gasteiger partial charge in [0.05, 0.1) is 25.9 Å². The highest BCUT2D eigenvalue weighted by atomic mass is 16.5. The fourth-order valence-corrected chi connectivity index (χ4v) is 2.86. The van der Waals surface area contributed by atoms with Crippen LogP contribution in [0.25, 0.3) is 0 Å². The fraction of sp³-hybridized carbons (Fsp3) is 0.435. The standard InChI is InChI=1S/C23H30NO5/c1-24-15-9-10-20(18-24)23(26)29-17-8-6-4-3-5-7-16-28-21-13-11-19(12-14-21)22(25)27-2/h9-15,18H,3-8,16-17H2,1-2H3/q+1. The van der Waals surface area contributed by atoms with Crippen molar-refractivity contribution >= 4 is 11.9 Å². The lowest BCUT2D eigenvalue weighted by atomic mass is 10.1. The molecule has 6 nitrogen and oxygen atoms in total. The van der Waals surface area contributed by atoms with Crippen LogP contribution < -0.4 is 9.30 Å². The minimum atomic E-state index is -0.347. The lowest BCUT2D eigenvalue weighted by Gasteiger charge is -2.07. The van der Waals surface area contributed by atoms with Gasteiger partial charge in [-0.2, -0.15) is 0 Å². The Labute approximate surface area is 172 Å². The topological polar surface area (TPSA) is 65.7 Å². The Balaban J connectivity index is 1.46. The molecule has 0 aliphatic rings. The molecule has 0 N–H and O–H groups in total. The van der Waals surface area contributed by atoms with E-state index in [1.54, 1.807) is 36.5 Å². The largest absolute Gasteiger partial charge is 0.494 e. The number of aryl methyl sites for hydroxylation is 1. The van der Waals surface area contributed by atoms with Crippen LogP contribution in [0.4, 0.5) is 0 Å². The normalized spacial score (nSPS) is 10.4. The average Bonchev–Trinajstić information content (AvgIpc) is 2.74. The van der Waals surface area contributed by atoms with Gasteiger partial charge in [0, 0.05) is 6.07 Å². The van der Waals surface area contributed by atoms with Crippen molar-refractivity contribution in [3.63, 3.8) is 0 Å². The Morgan fingerprint density at radius 3 is 2.14 bits per heavy atom. The first-order valence-corrected chi connectivity index (χ1v) is 10.0. The van der Waals surface area contributed by atoms with Crippen molar-refractivity contribution in [2.75, 3.05) is 20.3 Å². The van der Waals surface area contributed by atoms with Crippen LogP contribution in [0.15, 0.2) is 48.8 Å². The lowest BCUT2D eigenvalue weighted by molar-refractivity contribution is -0.671. The predicted octanol–water partition coefficient (Wildman–Crippen LogP) is 3.87. The van der Waals surface area contributed by atoms with Gasteiger partial charge in [0.25, 0.3) is 0 Å². The van der Waals surface area contributed by atoms with Gasteiger partial charge in [-0.25, -0.2) is 14.2 Å². The van der Waals surface area contributed by atoms with E-state index in [1.807, 2.05) is 23.9 Å². The first-order valence-electron chi connectivity index (χ1n) is 10.0. The molecule has 1 heterocycles. The zero-order chi connectivity index (χ0) is 20.9. The number of aromatic nitrogens is 1. The number of hydrogen-bond acceptors (Lipinski definition) is 5. The van der Waals surface area contributed by atoms with E-state index in [4.69, 9.17) is 9.47 Å². The number of nitrogens with zero attached hydrogens (tertiary/aromatic N) is 1. The number of esters is 2. The third kappa shape index (κ3) is 8.34. The van der Waals surface area contributed by atoms with Crippen molar-refractivity contribution in [2.24, 2.45) is 7.05 Å². The highest BCUT2D eigenvalue weighted by molar-refractivity contribution is 5.89. The second-order valence-corrected chi connectivity index (χ2v) is 6.88. The number of carbonyl (C=O) groups excluding carboxylic acids is 2. The van der Waals surface area contributed by atoms with Crippen LogP contribution >= 0.6 is 0 Å². The molecule has 0 unspecified atom stereocenters. The Morgan fingerprint density at radius 1 is 0.828 bits per heavy atom. The number of carbonyl (C=O) groups is 2. The number of rotatable bonds is 12. The molecule has 6 heteroatoms. The summed E-state index contributed by atoms with van der Waals surface area (Å²) in [7, 11) is 3.24. The SMILES string of the molecule is COC(=O)c1ccc(OCCCCCCCCOC(=O)c2ccc[n+](C)c2)cc1. The molecule has 0 atom stereocenters. The summed E-state index contributed by atoms with van der Waals surface area (Å²) < 4.78 is 17.5. The van der Waals surface area contributed by atoms with E-state index in [0.717, 1.165) is 44.3 Å². The van der Waals surface area contributed by atoms with Crippen LogP contribution in [0.1, 0.15) is 59.2 Å². The van der Waals surface area contributed by atoms with Gasteiger partial charge in [-0.15, -0.1) is 0 Å². The predicted molar refractivity (Wildman–Crippen MR) is 109 cm³/mol. The molecule has 0 saturated carbocycles. The molecule has 156 valence electrons. The molecule has 1 aromatic carbocycles. The van der Waals surface area contributed by atoms with Crippen molar-refractivity contribution in [2.45, 2.75) is 38.5 Å². The fourth-order valence-electron chi connectivity index (χ4n) is 2.86. The van der Waals surface area contributed by atoms with Crippen molar-refractivity contribution in [3.8, 4) is 5.75 Å². The van der Waals surface area contributed by atoms with Crippen molar-refractivity contribution < 1.29 is 28.4 Å². The van der Waals surface area contributed by atoms with E-state index in [-0.39, 0.29) is 11.9 Å². The second kappa shape index (κ2) is 12.5. The number of hydrogen-bond donors (Lipinski definition) is 0. The summed E-state index contributed by atoms with van der Waals surface area (Å²) in [5.74, 6) is 0.143. The van der Waals surface area contributed by atoms with Crippen LogP contribution in [-0.4, -0.2) is 32.3 Å². The zero-order valence-electron chi connectivity index (χ0n) is 17.3. The van der Waals surface area contributed by atoms with Gasteiger partial charge in [0.1, 0.15) is 18.4 Å². The van der Waals surface area contributed by atoms with E-state index < -0.39 is 0 Å². The monoisotopic (exact) mass is 400 g/mol. The van der Waals surface area contributed by atoms with E-state index in [2.05, 4.69) is 4.74 Å². The number of methoxy groups -OCH3 is 1. The molecular weight excluding hydrogens is 370 g/mol. The lowest BCUT2D eigenvalue weighted by Crippen LogP contribution is -2.28. The summed E-state index contributed by atoms with van der Waals surface area (Å²) >= 11 is 0. The van der Waals surface area contributed by atoms with Crippen LogP contribution in [0, 0.1) is 0 Å². The molecule has 0 spiro atoms. The van der Waals surface area contributed by atoms with Gasteiger partial charge in [0.2, 0.25) is 0 Å². The molecular formula is C23H30NO5+. The molecule has 0 fully saturated rings. The van der Waals surface area contributed by atoms with Crippen LogP contribution in [0.2, 0.25) is 0 Å². The van der Waals surface area contributed by atoms with Crippen molar-refractivity contribution in [1.29, 1.82) is 0 Å². The van der Waals surface area contributed by atoms with Crippen LogP contribution in [-0.2, 0) is 16.5 Å². The number of pyridine rings is 1. The van der Waals surface area contributed by atoms with Crippen molar-refractivity contribution in [1.82, 2.24) is 0 Å². The van der Waals surface area contributed by atoms with Crippen molar-refractivity contribution in [3.05, 3.63) is 59.9 Å². The average molecular weight is 400 g/mol. The Hall–Kier alpha value is -2.89. The minimum Gasteiger partial charge on any atom is -0.494 e. The summed E-state index contributed by atoms with van der Waals surface area (Å²) in [5.41, 5.74) is 1.10. The van der Waals surface area contributed by atoms with Gasteiger partial charge in [-0.3, -0.25) is 0 Å². The van der Waals surface area contributed by atoms with Gasteiger partial charge >= 0.3 is 11.9 Å². The summed E-state index contributed by atoms with van der Waals surface area (Å²) in [4.78, 5) is 23.3. The zero-order valence-corrected chi connectivity index (χ0v) is 17.3. The molecule has 1 aromatic heterocycles. The Kier molecular flexibility index (Phi) is 9.69. The number of benzene rings is 1. The van der Waals surface area contributed by atoms with Gasteiger partial charge in [-0.1, -0.05) is 25.7 Å². The maximum atomic E-state index is 11.9. The highest BCUT2D eigenvalue weighted by Crippen LogP contribution is 2.14. The maximum absolute atomic E-state index is 11.9. The van der Waals surface area contributed by atoms with E-state index in [1.165, 1.54) is 7.11 Å². The van der Waals surface area contributed by atoms with Gasteiger partial charge < -0.3 is 14.2 Å². The first kappa shape index (κ1) is 22.4. The van der Waals surface area contributed by atoms with E-state index in [0.29, 0.717) is 24.3 Å². The van der Waals surface area contributed by atoms with Gasteiger partial charge in [-0.05, 0) is 43.2 Å². The van der Waals surface area contributed by atoms with E-state index >= 15 is 0 Å². The summed E-state index contributed by atoms with van der Waals surface area (Å²) in [6.45, 7) is 1.12. The van der Waals surface area contributed by atoms with Gasteiger partial charge in [0.15, 0.2) is 12.4 Å². The molecule has 0 radical (unpaired) electrons. The first-order chi connectivity index (χ1) is 14.1. The van der Waals surface area contributed by atoms with Crippen LogP contribution in [0.5, 0.6) is 5.75 Å². The summed E-state index contributed by atoms with van der Waals surface area (Å²) in [6, 6.07) is 10.6. The summed E-state index contributed by atoms with van der Waals surface area (Å²) in [6.07, 6.45) is 9.90. The molecule has 0 saturated heterocycles. The number of unbranched alkanes of at least 4 members (excludes halogenated alkanes) is 5. The molecule has 0 bridgehead atoms. The molecule has 2 aromatic rings. The second-order valence-electron chi connectivity index (χ2n) is 6.88. The maximum Gasteiger partial charge on any atom is 0.344 e. The molecule has 0 aliphatic heterocycles. The smallest absolute Gasteiger partial charge is 0.344 e. The van der Waals surface area contributed by atoms with Crippen LogP contribution in [0.3, 0.4) is 0 Å².